The van der Waals surface area contributed by atoms with E-state index in [0.717, 1.165) is 36.9 Å². The van der Waals surface area contributed by atoms with Gasteiger partial charge in [0.1, 0.15) is 5.82 Å². The minimum Gasteiger partial charge on any atom is -0.351 e. The molecule has 2 aromatic rings. The van der Waals surface area contributed by atoms with E-state index >= 15 is 0 Å². The molecule has 0 bridgehead atoms. The van der Waals surface area contributed by atoms with Gasteiger partial charge in [-0.2, -0.15) is 0 Å². The number of carbonyl (C=O) groups excluding carboxylic acids is 2. The molecule has 2 amide bonds. The number of nitrogens with zero attached hydrogens (tertiary/aromatic N) is 2. The molecule has 1 aromatic carbocycles. The number of halogens is 1. The summed E-state index contributed by atoms with van der Waals surface area (Å²) in [6.07, 6.45) is 6.80. The number of likely N-dealkylation sites (tertiary alicyclic amines) is 1. The number of hydrogen-bond donors (Lipinski definition) is 1. The number of nitrogens with one attached hydrogen (secondary N) is 1. The average molecular weight is 410 g/mol. The Labute approximate surface area is 176 Å². The largest absolute Gasteiger partial charge is 0.351 e. The molecule has 1 saturated heterocycles. The highest BCUT2D eigenvalue weighted by atomic mass is 19.1. The minimum absolute atomic E-state index is 0.0409. The molecule has 6 heteroatoms. The van der Waals surface area contributed by atoms with Crippen molar-refractivity contribution >= 4 is 11.8 Å². The molecule has 1 aliphatic carbocycles. The van der Waals surface area contributed by atoms with Gasteiger partial charge in [0.2, 0.25) is 11.8 Å². The van der Waals surface area contributed by atoms with Gasteiger partial charge in [0.05, 0.1) is 23.7 Å². The van der Waals surface area contributed by atoms with E-state index in [0.29, 0.717) is 31.5 Å². The Morgan fingerprint density at radius 3 is 2.70 bits per heavy atom. The summed E-state index contributed by atoms with van der Waals surface area (Å²) >= 11 is 0. The van der Waals surface area contributed by atoms with Gasteiger partial charge in [0.25, 0.3) is 0 Å². The van der Waals surface area contributed by atoms with Crippen LogP contribution in [0.5, 0.6) is 0 Å². The number of carbonyl (C=O) groups is 2. The Hall–Kier alpha value is -2.76. The fourth-order valence-corrected chi connectivity index (χ4v) is 5.07. The molecule has 1 N–H and O–H groups in total. The third-order valence-electron chi connectivity index (χ3n) is 6.51. The molecule has 1 atom stereocenters. The monoisotopic (exact) mass is 409 g/mol. The molecule has 30 heavy (non-hydrogen) atoms. The van der Waals surface area contributed by atoms with Crippen molar-refractivity contribution in [2.75, 3.05) is 6.54 Å². The Morgan fingerprint density at radius 1 is 1.20 bits per heavy atom. The highest BCUT2D eigenvalue weighted by Crippen LogP contribution is 2.46. The highest BCUT2D eigenvalue weighted by molar-refractivity contribution is 5.89. The second kappa shape index (κ2) is 8.54. The predicted octanol–water partition coefficient (Wildman–Crippen LogP) is 4.03. The Bertz CT molecular complexity index is 940. The third-order valence-corrected chi connectivity index (χ3v) is 6.51. The molecule has 158 valence electrons. The van der Waals surface area contributed by atoms with Crippen molar-refractivity contribution in [1.29, 1.82) is 0 Å². The molecular weight excluding hydrogens is 381 g/mol. The van der Waals surface area contributed by atoms with Crippen molar-refractivity contribution in [2.24, 2.45) is 0 Å². The fourth-order valence-electron chi connectivity index (χ4n) is 5.07. The SMILES string of the molecule is CC(=O)NCc1cc(C2CCCN2C(=O)C2(c3ccccc3F)CCCC2)ccn1. The van der Waals surface area contributed by atoms with E-state index in [4.69, 9.17) is 0 Å². The van der Waals surface area contributed by atoms with E-state index in [2.05, 4.69) is 10.3 Å². The summed E-state index contributed by atoms with van der Waals surface area (Å²) in [4.78, 5) is 31.4. The normalized spacial score (nSPS) is 20.3. The lowest BCUT2D eigenvalue weighted by Gasteiger charge is -2.36. The summed E-state index contributed by atoms with van der Waals surface area (Å²) in [5.74, 6) is -0.342. The predicted molar refractivity (Wildman–Crippen MR) is 112 cm³/mol. The summed E-state index contributed by atoms with van der Waals surface area (Å²) < 4.78 is 14.7. The van der Waals surface area contributed by atoms with Crippen molar-refractivity contribution in [2.45, 2.75) is 63.5 Å². The molecule has 0 radical (unpaired) electrons. The van der Waals surface area contributed by atoms with Gasteiger partial charge >= 0.3 is 0 Å². The van der Waals surface area contributed by atoms with Crippen LogP contribution in [0.1, 0.15) is 68.3 Å². The number of pyridine rings is 1. The molecule has 2 heterocycles. The van der Waals surface area contributed by atoms with Crippen LogP contribution in [0.4, 0.5) is 4.39 Å². The molecule has 1 aliphatic heterocycles. The summed E-state index contributed by atoms with van der Waals surface area (Å²) in [7, 11) is 0. The molecule has 2 fully saturated rings. The standard InChI is InChI=1S/C24H28FN3O2/c1-17(29)27-16-19-15-18(10-13-26-19)22-9-6-14-28(22)23(30)24(11-4-5-12-24)20-7-2-3-8-21(20)25/h2-3,7-8,10,13,15,22H,4-6,9,11-12,14,16H2,1H3,(H,27,29). The second-order valence-corrected chi connectivity index (χ2v) is 8.42. The van der Waals surface area contributed by atoms with Crippen molar-refractivity contribution in [3.63, 3.8) is 0 Å². The van der Waals surface area contributed by atoms with Gasteiger partial charge in [-0.15, -0.1) is 0 Å². The minimum atomic E-state index is -0.764. The van der Waals surface area contributed by atoms with Crippen LogP contribution in [0.25, 0.3) is 0 Å². The summed E-state index contributed by atoms with van der Waals surface area (Å²) in [5.41, 5.74) is 1.57. The van der Waals surface area contributed by atoms with Gasteiger partial charge in [0.15, 0.2) is 0 Å². The van der Waals surface area contributed by atoms with Crippen molar-refractivity contribution in [3.05, 3.63) is 65.2 Å². The van der Waals surface area contributed by atoms with Crippen molar-refractivity contribution in [1.82, 2.24) is 15.2 Å². The van der Waals surface area contributed by atoms with Crippen LogP contribution in [0, 0.1) is 5.82 Å². The first-order chi connectivity index (χ1) is 14.5. The zero-order valence-corrected chi connectivity index (χ0v) is 17.4. The number of rotatable bonds is 5. The first-order valence-electron chi connectivity index (χ1n) is 10.8. The lowest BCUT2D eigenvalue weighted by molar-refractivity contribution is -0.138. The van der Waals surface area contributed by atoms with Gasteiger partial charge in [0, 0.05) is 25.2 Å². The van der Waals surface area contributed by atoms with Crippen molar-refractivity contribution in [3.8, 4) is 0 Å². The number of amides is 2. The Balaban J connectivity index is 1.63. The molecule has 0 spiro atoms. The number of hydrogen-bond acceptors (Lipinski definition) is 3. The molecule has 1 aromatic heterocycles. The molecule has 1 unspecified atom stereocenters. The lowest BCUT2D eigenvalue weighted by atomic mass is 9.77. The first kappa shape index (κ1) is 20.5. The van der Waals surface area contributed by atoms with Gasteiger partial charge in [-0.25, -0.2) is 4.39 Å². The van der Waals surface area contributed by atoms with Crippen LogP contribution in [-0.2, 0) is 21.5 Å². The van der Waals surface area contributed by atoms with Gasteiger partial charge < -0.3 is 10.2 Å². The van der Waals surface area contributed by atoms with Crippen LogP contribution >= 0.6 is 0 Å². The molecule has 2 aliphatic rings. The van der Waals surface area contributed by atoms with Crippen LogP contribution in [0.2, 0.25) is 0 Å². The van der Waals surface area contributed by atoms with E-state index in [9.17, 15) is 14.0 Å². The second-order valence-electron chi connectivity index (χ2n) is 8.42. The average Bonchev–Trinajstić information content (AvgIpc) is 3.43. The molecule has 1 saturated carbocycles. The van der Waals surface area contributed by atoms with E-state index in [1.807, 2.05) is 23.1 Å². The Kier molecular flexibility index (Phi) is 5.84. The third kappa shape index (κ3) is 3.83. The van der Waals surface area contributed by atoms with Crippen LogP contribution in [0.15, 0.2) is 42.6 Å². The lowest BCUT2D eigenvalue weighted by Crippen LogP contribution is -2.45. The maximum atomic E-state index is 14.7. The molecule has 4 rings (SSSR count). The number of benzene rings is 1. The summed E-state index contributed by atoms with van der Waals surface area (Å²) in [5, 5.41) is 2.77. The Morgan fingerprint density at radius 2 is 1.97 bits per heavy atom. The topological polar surface area (TPSA) is 62.3 Å². The maximum absolute atomic E-state index is 14.7. The van der Waals surface area contributed by atoms with Gasteiger partial charge in [-0.1, -0.05) is 31.0 Å². The van der Waals surface area contributed by atoms with Crippen LogP contribution in [0.3, 0.4) is 0 Å². The van der Waals surface area contributed by atoms with Crippen LogP contribution in [-0.4, -0.2) is 28.2 Å². The maximum Gasteiger partial charge on any atom is 0.233 e. The van der Waals surface area contributed by atoms with E-state index in [-0.39, 0.29) is 23.7 Å². The van der Waals surface area contributed by atoms with Gasteiger partial charge in [-0.3, -0.25) is 14.6 Å². The first-order valence-corrected chi connectivity index (χ1v) is 10.8. The van der Waals surface area contributed by atoms with E-state index in [1.54, 1.807) is 18.3 Å². The van der Waals surface area contributed by atoms with E-state index in [1.165, 1.54) is 13.0 Å². The van der Waals surface area contributed by atoms with Crippen molar-refractivity contribution < 1.29 is 14.0 Å². The fraction of sp³-hybridized carbons (Fsp3) is 0.458. The zero-order valence-electron chi connectivity index (χ0n) is 17.4. The van der Waals surface area contributed by atoms with Gasteiger partial charge in [-0.05, 0) is 49.4 Å². The smallest absolute Gasteiger partial charge is 0.233 e. The summed E-state index contributed by atoms with van der Waals surface area (Å²) in [6.45, 7) is 2.52. The quantitative estimate of drug-likeness (QED) is 0.811. The zero-order chi connectivity index (χ0) is 21.1. The molecule has 5 nitrogen and oxygen atoms in total. The van der Waals surface area contributed by atoms with Crippen LogP contribution < -0.4 is 5.32 Å². The molecular formula is C24H28FN3O2. The van der Waals surface area contributed by atoms with E-state index < -0.39 is 5.41 Å². The highest BCUT2D eigenvalue weighted by Gasteiger charge is 2.48. The number of aromatic nitrogens is 1. The summed E-state index contributed by atoms with van der Waals surface area (Å²) in [6, 6.07) is 10.6.